The first kappa shape index (κ1) is 13.1. The van der Waals surface area contributed by atoms with Crippen LogP contribution in [0.2, 0.25) is 0 Å². The van der Waals surface area contributed by atoms with Gasteiger partial charge in [-0.2, -0.15) is 0 Å². The molecule has 0 spiro atoms. The maximum absolute atomic E-state index is 11.7. The monoisotopic (exact) mass is 266 g/mol. The fourth-order valence-electron chi connectivity index (χ4n) is 4.15. The maximum Gasteiger partial charge on any atom is 0.309 e. The van der Waals surface area contributed by atoms with Crippen molar-refractivity contribution in [2.75, 3.05) is 0 Å². The number of fused-ring (bicyclic) bond motifs is 2. The summed E-state index contributed by atoms with van der Waals surface area (Å²) in [5.74, 6) is -0.000347. The van der Waals surface area contributed by atoms with Crippen molar-refractivity contribution in [3.63, 3.8) is 0 Å². The van der Waals surface area contributed by atoms with Crippen molar-refractivity contribution in [3.05, 3.63) is 11.1 Å². The predicted molar refractivity (Wildman–Crippen MR) is 69.2 cm³/mol. The van der Waals surface area contributed by atoms with Crippen LogP contribution in [0.1, 0.15) is 40.0 Å². The largest absolute Gasteiger partial charge is 0.462 e. The molecule has 106 valence electrons. The molecule has 0 bridgehead atoms. The fraction of sp³-hybridized carbons (Fsp3) is 0.800. The van der Waals surface area contributed by atoms with Crippen LogP contribution in [-0.4, -0.2) is 34.5 Å². The lowest BCUT2D eigenvalue weighted by atomic mass is 9.58. The molecule has 0 aromatic heterocycles. The number of aliphatic hydroxyl groups excluding tert-OH is 2. The van der Waals surface area contributed by atoms with E-state index in [1.54, 1.807) is 0 Å². The van der Waals surface area contributed by atoms with Gasteiger partial charge in [-0.15, -0.1) is 0 Å². The summed E-state index contributed by atoms with van der Waals surface area (Å²) in [5.41, 5.74) is 1.78. The molecule has 0 amide bonds. The first-order valence-electron chi connectivity index (χ1n) is 7.11. The number of hydrogen-bond donors (Lipinski definition) is 2. The Labute approximate surface area is 113 Å². The van der Waals surface area contributed by atoms with Crippen molar-refractivity contribution in [2.24, 2.45) is 17.3 Å². The lowest BCUT2D eigenvalue weighted by Gasteiger charge is -2.49. The summed E-state index contributed by atoms with van der Waals surface area (Å²) in [6.07, 6.45) is 0.628. The van der Waals surface area contributed by atoms with E-state index in [2.05, 4.69) is 0 Å². The lowest BCUT2D eigenvalue weighted by molar-refractivity contribution is -0.145. The van der Waals surface area contributed by atoms with Crippen molar-refractivity contribution >= 4 is 5.97 Å². The van der Waals surface area contributed by atoms with Crippen LogP contribution in [0.5, 0.6) is 0 Å². The highest BCUT2D eigenvalue weighted by molar-refractivity contribution is 5.75. The molecule has 3 rings (SSSR count). The summed E-state index contributed by atoms with van der Waals surface area (Å²) >= 11 is 0. The zero-order chi connectivity index (χ0) is 13.9. The number of rotatable bonds is 0. The van der Waals surface area contributed by atoms with Crippen molar-refractivity contribution in [3.8, 4) is 0 Å². The average Bonchev–Trinajstić information content (AvgIpc) is 2.61. The first-order chi connectivity index (χ1) is 8.84. The van der Waals surface area contributed by atoms with Crippen molar-refractivity contribution in [1.82, 2.24) is 0 Å². The molecule has 4 heteroatoms. The molecule has 0 unspecified atom stereocenters. The highest BCUT2D eigenvalue weighted by Gasteiger charge is 2.55. The molecule has 6 atom stereocenters. The van der Waals surface area contributed by atoms with Gasteiger partial charge in [0.15, 0.2) is 0 Å². The standard InChI is InChI=1S/C15H22O4/c1-7-9-4-10-8(2)11(16)5-13(17)15(10,3)6-12(9)19-14(7)18/h7,9,11-13,16-17H,4-6H2,1-3H3/t7-,9+,11+,12+,13+,15+/m0/s1. The topological polar surface area (TPSA) is 66.8 Å². The van der Waals surface area contributed by atoms with Crippen molar-refractivity contribution in [2.45, 2.75) is 58.3 Å². The van der Waals surface area contributed by atoms with E-state index in [-0.39, 0.29) is 29.3 Å². The third kappa shape index (κ3) is 1.69. The third-order valence-electron chi connectivity index (χ3n) is 5.67. The highest BCUT2D eigenvalue weighted by atomic mass is 16.6. The zero-order valence-electron chi connectivity index (χ0n) is 11.7. The first-order valence-corrected chi connectivity index (χ1v) is 7.11. The van der Waals surface area contributed by atoms with Crippen molar-refractivity contribution < 1.29 is 19.7 Å². The molecule has 3 aliphatic rings. The fourth-order valence-corrected chi connectivity index (χ4v) is 4.15. The molecule has 1 aliphatic heterocycles. The van der Waals surface area contributed by atoms with E-state index in [1.165, 1.54) is 0 Å². The van der Waals surface area contributed by atoms with Crippen LogP contribution in [-0.2, 0) is 9.53 Å². The minimum absolute atomic E-state index is 0.0751. The van der Waals surface area contributed by atoms with Gasteiger partial charge < -0.3 is 14.9 Å². The molecule has 2 aliphatic carbocycles. The second-order valence-electron chi connectivity index (χ2n) is 6.68. The Hall–Kier alpha value is -0.870. The highest BCUT2D eigenvalue weighted by Crippen LogP contribution is 2.54. The van der Waals surface area contributed by atoms with Gasteiger partial charge in [-0.05, 0) is 25.3 Å². The maximum atomic E-state index is 11.7. The molecular weight excluding hydrogens is 244 g/mol. The number of carbonyl (C=O) groups excluding carboxylic acids is 1. The zero-order valence-corrected chi connectivity index (χ0v) is 11.7. The molecule has 0 radical (unpaired) electrons. The Bertz CT molecular complexity index is 455. The van der Waals surface area contributed by atoms with E-state index >= 15 is 0 Å². The van der Waals surface area contributed by atoms with Crippen LogP contribution in [0.15, 0.2) is 11.1 Å². The Kier molecular flexibility index (Phi) is 2.81. The molecule has 1 saturated carbocycles. The molecule has 2 N–H and O–H groups in total. The minimum atomic E-state index is -0.559. The molecule has 0 aromatic rings. The minimum Gasteiger partial charge on any atom is -0.462 e. The van der Waals surface area contributed by atoms with E-state index < -0.39 is 12.2 Å². The Morgan fingerprint density at radius 2 is 2.05 bits per heavy atom. The quantitative estimate of drug-likeness (QED) is 0.514. The Morgan fingerprint density at radius 1 is 1.37 bits per heavy atom. The summed E-state index contributed by atoms with van der Waals surface area (Å²) in [4.78, 5) is 11.7. The number of carbonyl (C=O) groups is 1. The summed E-state index contributed by atoms with van der Waals surface area (Å²) in [5, 5.41) is 20.4. The van der Waals surface area contributed by atoms with E-state index in [1.807, 2.05) is 20.8 Å². The van der Waals surface area contributed by atoms with Crippen molar-refractivity contribution in [1.29, 1.82) is 0 Å². The molecule has 2 fully saturated rings. The van der Waals surface area contributed by atoms with Gasteiger partial charge in [0.2, 0.25) is 0 Å². The lowest BCUT2D eigenvalue weighted by Crippen LogP contribution is -2.49. The van der Waals surface area contributed by atoms with Crippen LogP contribution < -0.4 is 0 Å². The molecule has 1 saturated heterocycles. The number of hydrogen-bond acceptors (Lipinski definition) is 4. The van der Waals surface area contributed by atoms with Crippen LogP contribution in [0.25, 0.3) is 0 Å². The smallest absolute Gasteiger partial charge is 0.309 e. The molecule has 1 heterocycles. The van der Waals surface area contributed by atoms with Gasteiger partial charge >= 0.3 is 5.97 Å². The second-order valence-corrected chi connectivity index (χ2v) is 6.68. The normalized spacial score (nSPS) is 49.7. The second kappa shape index (κ2) is 4.06. The van der Waals surface area contributed by atoms with Gasteiger partial charge in [0.1, 0.15) is 6.10 Å². The summed E-state index contributed by atoms with van der Waals surface area (Å²) in [7, 11) is 0. The number of esters is 1. The van der Waals surface area contributed by atoms with E-state index in [9.17, 15) is 15.0 Å². The van der Waals surface area contributed by atoms with Gasteiger partial charge in [0.25, 0.3) is 0 Å². The van der Waals surface area contributed by atoms with Gasteiger partial charge in [-0.1, -0.05) is 19.4 Å². The van der Waals surface area contributed by atoms with Crippen LogP contribution in [0.3, 0.4) is 0 Å². The number of ether oxygens (including phenoxy) is 1. The van der Waals surface area contributed by atoms with Gasteiger partial charge in [-0.25, -0.2) is 0 Å². The molecule has 4 nitrogen and oxygen atoms in total. The summed E-state index contributed by atoms with van der Waals surface area (Å²) < 4.78 is 5.47. The van der Waals surface area contributed by atoms with Gasteiger partial charge in [-0.3, -0.25) is 4.79 Å². The number of aliphatic hydroxyl groups is 2. The Balaban J connectivity index is 2.01. The summed E-state index contributed by atoms with van der Waals surface area (Å²) in [6.45, 7) is 5.91. The molecule has 19 heavy (non-hydrogen) atoms. The van der Waals surface area contributed by atoms with E-state index in [0.717, 1.165) is 17.6 Å². The molecular formula is C15H22O4. The van der Waals surface area contributed by atoms with Crippen LogP contribution in [0, 0.1) is 17.3 Å². The Morgan fingerprint density at radius 3 is 2.74 bits per heavy atom. The average molecular weight is 266 g/mol. The predicted octanol–water partition coefficient (Wildman–Crippen LogP) is 1.41. The van der Waals surface area contributed by atoms with Crippen LogP contribution >= 0.6 is 0 Å². The van der Waals surface area contributed by atoms with Gasteiger partial charge in [0.05, 0.1) is 18.1 Å². The molecule has 0 aromatic carbocycles. The van der Waals surface area contributed by atoms with Crippen LogP contribution in [0.4, 0.5) is 0 Å². The SMILES string of the molecule is CC1=C2C[C@@H]3[C@H](C)C(=O)O[C@@H]3C[C@@]2(C)[C@H](O)C[C@H]1O. The third-order valence-corrected chi connectivity index (χ3v) is 5.67. The van der Waals surface area contributed by atoms with E-state index in [4.69, 9.17) is 4.74 Å². The summed E-state index contributed by atoms with van der Waals surface area (Å²) in [6, 6.07) is 0. The van der Waals surface area contributed by atoms with E-state index in [0.29, 0.717) is 12.8 Å². The van der Waals surface area contributed by atoms with Gasteiger partial charge in [0, 0.05) is 17.8 Å².